The van der Waals surface area contributed by atoms with E-state index in [-0.39, 0.29) is 35.8 Å². The Kier molecular flexibility index (Phi) is 5.13. The smallest absolute Gasteiger partial charge is 0.241 e. The van der Waals surface area contributed by atoms with E-state index < -0.39 is 6.04 Å². The minimum atomic E-state index is -0.584. The second kappa shape index (κ2) is 7.41. The molecule has 0 spiro atoms. The molecule has 3 fully saturated rings. The molecule has 27 heavy (non-hydrogen) atoms. The van der Waals surface area contributed by atoms with E-state index in [1.54, 1.807) is 28.8 Å². The average molecular weight is 393 g/mol. The van der Waals surface area contributed by atoms with Gasteiger partial charge in [0.25, 0.3) is 0 Å². The fourth-order valence-corrected chi connectivity index (χ4v) is 5.41. The number of benzene rings is 1. The van der Waals surface area contributed by atoms with Crippen LogP contribution in [-0.4, -0.2) is 75.9 Å². The Balaban J connectivity index is 1.39. The molecule has 1 unspecified atom stereocenters. The number of piperazine rings is 1. The van der Waals surface area contributed by atoms with E-state index in [1.807, 2.05) is 11.8 Å². The number of likely N-dealkylation sites (tertiary alicyclic amines) is 2. The molecule has 2 bridgehead atoms. The summed E-state index contributed by atoms with van der Waals surface area (Å²) in [7, 11) is 0. The van der Waals surface area contributed by atoms with Gasteiger partial charge in [-0.2, -0.15) is 0 Å². The molecule has 0 aliphatic carbocycles. The van der Waals surface area contributed by atoms with Crippen molar-refractivity contribution in [1.29, 1.82) is 0 Å². The lowest BCUT2D eigenvalue weighted by atomic mass is 10.1. The van der Waals surface area contributed by atoms with Crippen LogP contribution in [0, 0.1) is 5.82 Å². The number of carbonyl (C=O) groups excluding carboxylic acids is 2. The summed E-state index contributed by atoms with van der Waals surface area (Å²) in [6.07, 6.45) is 0.769. The maximum Gasteiger partial charge on any atom is 0.241 e. The van der Waals surface area contributed by atoms with Crippen LogP contribution in [0.2, 0.25) is 0 Å². The Morgan fingerprint density at radius 2 is 2.11 bits per heavy atom. The Morgan fingerprint density at radius 3 is 2.74 bits per heavy atom. The number of carbonyl (C=O) groups is 2. The van der Waals surface area contributed by atoms with Crippen LogP contribution >= 0.6 is 11.8 Å². The number of hydrogen-bond acceptors (Lipinski definition) is 5. The van der Waals surface area contributed by atoms with Crippen molar-refractivity contribution in [3.63, 3.8) is 0 Å². The molecule has 3 heterocycles. The maximum absolute atomic E-state index is 13.2. The highest BCUT2D eigenvalue weighted by atomic mass is 32.2. The number of nitrogens with two attached hydrogens (primary N) is 1. The van der Waals surface area contributed by atoms with Gasteiger partial charge in [-0.05, 0) is 31.0 Å². The number of rotatable bonds is 5. The number of nitrogens with zero attached hydrogens (tertiary/aromatic N) is 3. The predicted octanol–water partition coefficient (Wildman–Crippen LogP) is 1.03. The van der Waals surface area contributed by atoms with E-state index in [0.29, 0.717) is 12.4 Å². The largest absolute Gasteiger partial charge is 0.331 e. The Morgan fingerprint density at radius 1 is 1.37 bits per heavy atom. The first-order chi connectivity index (χ1) is 13.0. The van der Waals surface area contributed by atoms with Gasteiger partial charge < -0.3 is 15.5 Å². The van der Waals surface area contributed by atoms with Crippen molar-refractivity contribution < 1.29 is 14.0 Å². The van der Waals surface area contributed by atoms with Gasteiger partial charge in [0.1, 0.15) is 5.82 Å². The molecule has 4 rings (SSSR count). The number of hydrogen-bond donors (Lipinski definition) is 1. The summed E-state index contributed by atoms with van der Waals surface area (Å²) in [5, 5.41) is 0. The van der Waals surface area contributed by atoms with Crippen LogP contribution in [-0.2, 0) is 9.59 Å². The highest BCUT2D eigenvalue weighted by Crippen LogP contribution is 2.37. The number of amides is 2. The molecule has 0 aromatic heterocycles. The van der Waals surface area contributed by atoms with Crippen LogP contribution < -0.4 is 5.73 Å². The molecule has 3 saturated heterocycles. The predicted molar refractivity (Wildman–Crippen MR) is 102 cm³/mol. The van der Waals surface area contributed by atoms with E-state index in [1.165, 1.54) is 12.1 Å². The summed E-state index contributed by atoms with van der Waals surface area (Å²) in [5.74, 6) is 1.45. The minimum absolute atomic E-state index is 0.0215. The fraction of sp³-hybridized carbons (Fsp3) is 0.579. The van der Waals surface area contributed by atoms with E-state index in [9.17, 15) is 14.0 Å². The van der Waals surface area contributed by atoms with Crippen LogP contribution in [0.25, 0.3) is 0 Å². The number of fused-ring (bicyclic) bond motifs is 2. The number of thioether (sulfide) groups is 1. The van der Waals surface area contributed by atoms with Gasteiger partial charge in [0.2, 0.25) is 11.8 Å². The van der Waals surface area contributed by atoms with Gasteiger partial charge in [0.05, 0.1) is 24.0 Å². The van der Waals surface area contributed by atoms with Crippen molar-refractivity contribution in [1.82, 2.24) is 14.7 Å². The van der Waals surface area contributed by atoms with Crippen molar-refractivity contribution in [2.75, 3.05) is 31.3 Å². The van der Waals surface area contributed by atoms with Gasteiger partial charge in [0, 0.05) is 31.4 Å². The summed E-state index contributed by atoms with van der Waals surface area (Å²) in [6, 6.07) is 5.57. The standard InChI is InChI=1S/C19H25FN4O2S/c1-12(13-2-4-14(20)5-3-13)24-15-8-17(19(24)26)23(9-15)10-16(21)18(25)22-6-7-27-11-22/h2-5,12,15-17H,6-11,21H2,1H3/t12-,15?,16-,17+/m0/s1. The fourth-order valence-electron chi connectivity index (χ4n) is 4.45. The van der Waals surface area contributed by atoms with Gasteiger partial charge >= 0.3 is 0 Å². The van der Waals surface area contributed by atoms with E-state index >= 15 is 0 Å². The molecule has 3 aliphatic rings. The summed E-state index contributed by atoms with van der Waals surface area (Å²) >= 11 is 1.74. The molecule has 1 aromatic rings. The molecular formula is C19H25FN4O2S. The molecular weight excluding hydrogens is 367 g/mol. The maximum atomic E-state index is 13.2. The summed E-state index contributed by atoms with van der Waals surface area (Å²) in [5.41, 5.74) is 7.08. The molecule has 6 nitrogen and oxygen atoms in total. The van der Waals surface area contributed by atoms with Crippen LogP contribution in [0.3, 0.4) is 0 Å². The zero-order valence-electron chi connectivity index (χ0n) is 15.4. The zero-order valence-corrected chi connectivity index (χ0v) is 16.2. The van der Waals surface area contributed by atoms with Gasteiger partial charge in [-0.1, -0.05) is 12.1 Å². The molecule has 8 heteroatoms. The third-order valence-corrected chi connectivity index (χ3v) is 6.86. The lowest BCUT2D eigenvalue weighted by Gasteiger charge is -2.38. The van der Waals surface area contributed by atoms with Gasteiger partial charge in [-0.3, -0.25) is 14.5 Å². The van der Waals surface area contributed by atoms with E-state index in [0.717, 1.165) is 30.8 Å². The lowest BCUT2D eigenvalue weighted by Crippen LogP contribution is -2.56. The summed E-state index contributed by atoms with van der Waals surface area (Å²) in [6.45, 7) is 3.89. The molecule has 2 amide bonds. The van der Waals surface area contributed by atoms with Crippen molar-refractivity contribution in [3.05, 3.63) is 35.6 Å². The van der Waals surface area contributed by atoms with Crippen molar-refractivity contribution in [3.8, 4) is 0 Å². The normalized spacial score (nSPS) is 27.4. The summed E-state index contributed by atoms with van der Waals surface area (Å²) in [4.78, 5) is 31.2. The zero-order chi connectivity index (χ0) is 19.1. The van der Waals surface area contributed by atoms with E-state index in [2.05, 4.69) is 4.90 Å². The Labute approximate surface area is 162 Å². The first-order valence-electron chi connectivity index (χ1n) is 9.39. The molecule has 0 radical (unpaired) electrons. The van der Waals surface area contributed by atoms with Crippen LogP contribution in [0.4, 0.5) is 4.39 Å². The lowest BCUT2D eigenvalue weighted by molar-refractivity contribution is -0.140. The second-order valence-electron chi connectivity index (χ2n) is 7.58. The topological polar surface area (TPSA) is 69.9 Å². The summed E-state index contributed by atoms with van der Waals surface area (Å²) < 4.78 is 13.2. The van der Waals surface area contributed by atoms with Crippen LogP contribution in [0.1, 0.15) is 24.9 Å². The third-order valence-electron chi connectivity index (χ3n) is 5.90. The Bertz CT molecular complexity index is 725. The monoisotopic (exact) mass is 392 g/mol. The Hall–Kier alpha value is -1.64. The number of halogens is 1. The minimum Gasteiger partial charge on any atom is -0.331 e. The SMILES string of the molecule is C[C@@H](c1ccc(F)cc1)N1C(=O)[C@H]2CC1CN2C[C@H](N)C(=O)N1CCSC1. The highest BCUT2D eigenvalue weighted by molar-refractivity contribution is 7.99. The van der Waals surface area contributed by atoms with Crippen molar-refractivity contribution in [2.24, 2.45) is 5.73 Å². The van der Waals surface area contributed by atoms with Gasteiger partial charge in [-0.15, -0.1) is 11.8 Å². The molecule has 4 atom stereocenters. The van der Waals surface area contributed by atoms with Crippen molar-refractivity contribution in [2.45, 2.75) is 37.5 Å². The van der Waals surface area contributed by atoms with Gasteiger partial charge in [0.15, 0.2) is 0 Å². The molecule has 3 aliphatic heterocycles. The molecule has 0 saturated carbocycles. The molecule has 146 valence electrons. The van der Waals surface area contributed by atoms with Crippen LogP contribution in [0.15, 0.2) is 24.3 Å². The highest BCUT2D eigenvalue weighted by Gasteiger charge is 2.51. The third kappa shape index (κ3) is 3.46. The first-order valence-corrected chi connectivity index (χ1v) is 10.5. The second-order valence-corrected chi connectivity index (χ2v) is 8.65. The first kappa shape index (κ1) is 18.7. The van der Waals surface area contributed by atoms with Gasteiger partial charge in [-0.25, -0.2) is 4.39 Å². The molecule has 2 N–H and O–H groups in total. The van der Waals surface area contributed by atoms with Crippen molar-refractivity contribution >= 4 is 23.6 Å². The van der Waals surface area contributed by atoms with E-state index in [4.69, 9.17) is 5.73 Å². The molecule has 1 aromatic carbocycles. The quantitative estimate of drug-likeness (QED) is 0.811. The van der Waals surface area contributed by atoms with Crippen LogP contribution in [0.5, 0.6) is 0 Å². The average Bonchev–Trinajstić information content (AvgIpc) is 3.37.